The number of fused-ring (bicyclic) bond motifs is 2. The smallest absolute Gasteiger partial charge is 0.143 e. The maximum atomic E-state index is 12.4. The highest BCUT2D eigenvalue weighted by Crippen LogP contribution is 2.45. The molecule has 90 valence electrons. The van der Waals surface area contributed by atoms with Crippen LogP contribution in [-0.2, 0) is 16.6 Å². The van der Waals surface area contributed by atoms with Gasteiger partial charge in [0.05, 0.1) is 5.41 Å². The Morgan fingerprint density at radius 3 is 2.59 bits per heavy atom. The molecule has 0 heterocycles. The first-order valence-corrected chi connectivity index (χ1v) is 6.58. The zero-order valence-corrected chi connectivity index (χ0v) is 10.0. The summed E-state index contributed by atoms with van der Waals surface area (Å²) >= 11 is 0. The quantitative estimate of drug-likeness (QED) is 0.743. The average Bonchev–Trinajstić information content (AvgIpc) is 2.35. The van der Waals surface area contributed by atoms with E-state index in [1.807, 2.05) is 12.1 Å². The number of phenols is 1. The van der Waals surface area contributed by atoms with E-state index in [0.29, 0.717) is 18.0 Å². The second kappa shape index (κ2) is 3.86. The molecule has 0 bridgehead atoms. The Morgan fingerprint density at radius 2 is 1.82 bits per heavy atom. The van der Waals surface area contributed by atoms with Crippen molar-refractivity contribution in [2.45, 2.75) is 50.4 Å². The zero-order chi connectivity index (χ0) is 11.9. The lowest BCUT2D eigenvalue weighted by Crippen LogP contribution is -2.41. The number of rotatable bonds is 0. The second-order valence-corrected chi connectivity index (χ2v) is 5.41. The Labute approximate surface area is 102 Å². The van der Waals surface area contributed by atoms with Crippen LogP contribution in [0.2, 0.25) is 0 Å². The summed E-state index contributed by atoms with van der Waals surface area (Å²) in [5.41, 5.74) is 2.18. The zero-order valence-electron chi connectivity index (χ0n) is 10.0. The molecule has 1 aromatic rings. The Kier molecular flexibility index (Phi) is 2.46. The molecule has 1 N–H and O–H groups in total. The van der Waals surface area contributed by atoms with E-state index in [1.54, 1.807) is 6.07 Å². The number of carbonyl (C=O) groups is 1. The molecule has 0 radical (unpaired) electrons. The predicted octanol–water partition coefficient (Wildman–Crippen LogP) is 3.11. The van der Waals surface area contributed by atoms with Gasteiger partial charge in [0.1, 0.15) is 11.5 Å². The molecule has 2 aliphatic carbocycles. The van der Waals surface area contributed by atoms with Gasteiger partial charge >= 0.3 is 0 Å². The Morgan fingerprint density at radius 1 is 1.06 bits per heavy atom. The molecule has 0 atom stereocenters. The van der Waals surface area contributed by atoms with Crippen LogP contribution in [0, 0.1) is 0 Å². The number of carbonyl (C=O) groups excluding carboxylic acids is 1. The average molecular weight is 230 g/mol. The summed E-state index contributed by atoms with van der Waals surface area (Å²) in [5.74, 6) is 0.749. The van der Waals surface area contributed by atoms with Gasteiger partial charge in [0.2, 0.25) is 0 Å². The number of aromatic hydroxyl groups is 1. The third kappa shape index (κ3) is 1.58. The molecule has 0 saturated heterocycles. The number of hydrogen-bond acceptors (Lipinski definition) is 2. The van der Waals surface area contributed by atoms with Crippen LogP contribution in [0.4, 0.5) is 0 Å². The number of phenolic OH excluding ortho intramolecular Hbond substituents is 1. The molecule has 2 nitrogen and oxygen atoms in total. The normalized spacial score (nSPS) is 22.5. The van der Waals surface area contributed by atoms with Crippen LogP contribution in [-0.4, -0.2) is 10.9 Å². The van der Waals surface area contributed by atoms with Crippen LogP contribution in [0.3, 0.4) is 0 Å². The maximum Gasteiger partial charge on any atom is 0.143 e. The van der Waals surface area contributed by atoms with Crippen LogP contribution < -0.4 is 0 Å². The first-order valence-electron chi connectivity index (χ1n) is 6.58. The highest BCUT2D eigenvalue weighted by Gasteiger charge is 2.43. The maximum absolute atomic E-state index is 12.4. The van der Waals surface area contributed by atoms with E-state index in [-0.39, 0.29) is 5.41 Å². The number of benzene rings is 1. The van der Waals surface area contributed by atoms with Gasteiger partial charge in [0, 0.05) is 6.42 Å². The van der Waals surface area contributed by atoms with Crippen molar-refractivity contribution in [1.29, 1.82) is 0 Å². The van der Waals surface area contributed by atoms with Crippen molar-refractivity contribution in [3.05, 3.63) is 29.3 Å². The Balaban J connectivity index is 2.12. The summed E-state index contributed by atoms with van der Waals surface area (Å²) in [5, 5.41) is 9.56. The van der Waals surface area contributed by atoms with E-state index in [4.69, 9.17) is 0 Å². The minimum absolute atomic E-state index is 0.209. The minimum atomic E-state index is -0.209. The molecule has 1 saturated carbocycles. The molecule has 3 rings (SSSR count). The van der Waals surface area contributed by atoms with Gasteiger partial charge in [-0.3, -0.25) is 4.79 Å². The highest BCUT2D eigenvalue weighted by atomic mass is 16.3. The van der Waals surface area contributed by atoms with E-state index in [9.17, 15) is 9.90 Å². The molecule has 0 unspecified atom stereocenters. The van der Waals surface area contributed by atoms with Crippen molar-refractivity contribution in [2.75, 3.05) is 0 Å². The number of hydrogen-bond donors (Lipinski definition) is 1. The molecular formula is C15H18O2. The third-order valence-electron chi connectivity index (χ3n) is 4.47. The molecule has 0 aromatic heterocycles. The summed E-state index contributed by atoms with van der Waals surface area (Å²) in [4.78, 5) is 12.4. The molecular weight excluding hydrogens is 212 g/mol. The van der Waals surface area contributed by atoms with Crippen LogP contribution >= 0.6 is 0 Å². The van der Waals surface area contributed by atoms with E-state index in [1.165, 1.54) is 17.5 Å². The number of Topliss-reactive ketones (excluding diaryl/α,β-unsaturated/α-hetero) is 1. The van der Waals surface area contributed by atoms with Crippen LogP contribution in [0.1, 0.15) is 49.7 Å². The van der Waals surface area contributed by atoms with Crippen molar-refractivity contribution in [1.82, 2.24) is 0 Å². The lowest BCUT2D eigenvalue weighted by Gasteiger charge is -2.40. The molecule has 1 spiro atoms. The van der Waals surface area contributed by atoms with Gasteiger partial charge in [-0.25, -0.2) is 0 Å². The summed E-state index contributed by atoms with van der Waals surface area (Å²) in [6.07, 6.45) is 7.02. The van der Waals surface area contributed by atoms with Crippen molar-refractivity contribution < 1.29 is 9.90 Å². The van der Waals surface area contributed by atoms with E-state index in [0.717, 1.165) is 32.1 Å². The molecule has 0 amide bonds. The summed E-state index contributed by atoms with van der Waals surface area (Å²) in [6.45, 7) is 0. The third-order valence-corrected chi connectivity index (χ3v) is 4.47. The van der Waals surface area contributed by atoms with Gasteiger partial charge in [0.15, 0.2) is 0 Å². The largest absolute Gasteiger partial charge is 0.508 e. The van der Waals surface area contributed by atoms with Gasteiger partial charge in [-0.2, -0.15) is 0 Å². The van der Waals surface area contributed by atoms with Crippen LogP contribution in [0.5, 0.6) is 5.75 Å². The first-order chi connectivity index (χ1) is 8.22. The predicted molar refractivity (Wildman–Crippen MR) is 66.2 cm³/mol. The summed E-state index contributed by atoms with van der Waals surface area (Å²) in [7, 11) is 0. The van der Waals surface area contributed by atoms with E-state index < -0.39 is 0 Å². The van der Waals surface area contributed by atoms with E-state index >= 15 is 0 Å². The van der Waals surface area contributed by atoms with Crippen LogP contribution in [0.25, 0.3) is 0 Å². The number of aryl methyl sites for hydroxylation is 1. The Hall–Kier alpha value is -1.31. The molecule has 2 heteroatoms. The standard InChI is InChI=1S/C15H18O2/c16-12-5-6-13-11(10-12)4-7-14(17)15(13)8-2-1-3-9-15/h5-6,10,16H,1-4,7-9H2. The summed E-state index contributed by atoms with van der Waals surface area (Å²) in [6, 6.07) is 5.55. The minimum Gasteiger partial charge on any atom is -0.508 e. The van der Waals surface area contributed by atoms with Crippen molar-refractivity contribution in [3.63, 3.8) is 0 Å². The van der Waals surface area contributed by atoms with Gasteiger partial charge in [-0.15, -0.1) is 0 Å². The molecule has 2 aliphatic rings. The molecule has 0 aliphatic heterocycles. The SMILES string of the molecule is O=C1CCc2cc(O)ccc2C12CCCCC2. The van der Waals surface area contributed by atoms with Crippen molar-refractivity contribution in [2.24, 2.45) is 0 Å². The molecule has 17 heavy (non-hydrogen) atoms. The lowest BCUT2D eigenvalue weighted by atomic mass is 9.62. The van der Waals surface area contributed by atoms with Gasteiger partial charge in [0.25, 0.3) is 0 Å². The van der Waals surface area contributed by atoms with Gasteiger partial charge in [-0.1, -0.05) is 25.3 Å². The van der Waals surface area contributed by atoms with Gasteiger partial charge in [-0.05, 0) is 42.5 Å². The summed E-state index contributed by atoms with van der Waals surface area (Å²) < 4.78 is 0. The Bertz CT molecular complexity index is 456. The second-order valence-electron chi connectivity index (χ2n) is 5.41. The number of ketones is 1. The molecule has 1 aromatic carbocycles. The van der Waals surface area contributed by atoms with Crippen molar-refractivity contribution in [3.8, 4) is 5.75 Å². The topological polar surface area (TPSA) is 37.3 Å². The fourth-order valence-corrected chi connectivity index (χ4v) is 3.60. The van der Waals surface area contributed by atoms with E-state index in [2.05, 4.69) is 0 Å². The highest BCUT2D eigenvalue weighted by molar-refractivity contribution is 5.92. The lowest BCUT2D eigenvalue weighted by molar-refractivity contribution is -0.126. The first kappa shape index (κ1) is 10.8. The van der Waals surface area contributed by atoms with Crippen LogP contribution in [0.15, 0.2) is 18.2 Å². The van der Waals surface area contributed by atoms with Gasteiger partial charge < -0.3 is 5.11 Å². The fraction of sp³-hybridized carbons (Fsp3) is 0.533. The monoisotopic (exact) mass is 230 g/mol. The van der Waals surface area contributed by atoms with Crippen molar-refractivity contribution >= 4 is 5.78 Å². The fourth-order valence-electron chi connectivity index (χ4n) is 3.60. The molecule has 1 fully saturated rings.